The minimum absolute atomic E-state index is 0.193. The first-order valence-electron chi connectivity index (χ1n) is 8.92. The van der Waals surface area contributed by atoms with Gasteiger partial charge in [0.05, 0.1) is 19.3 Å². The van der Waals surface area contributed by atoms with Crippen LogP contribution in [0.2, 0.25) is 0 Å². The molecule has 1 aromatic carbocycles. The van der Waals surface area contributed by atoms with E-state index < -0.39 is 12.0 Å². The zero-order chi connectivity index (χ0) is 19.2. The molecule has 0 amide bonds. The molecule has 0 aliphatic carbocycles. The largest absolute Gasteiger partial charge is 0.496 e. The minimum atomic E-state index is -0.496. The van der Waals surface area contributed by atoms with Gasteiger partial charge in [0.1, 0.15) is 24.7 Å². The SMILES string of the molecule is CCCOCCOC(=O)C1=C(C)Nc2ncnn2[C@@H]1c1ccccc1OC. The van der Waals surface area contributed by atoms with Gasteiger partial charge in [-0.3, -0.25) is 0 Å². The van der Waals surface area contributed by atoms with Gasteiger partial charge in [-0.05, 0) is 19.4 Å². The summed E-state index contributed by atoms with van der Waals surface area (Å²) in [5.41, 5.74) is 1.95. The van der Waals surface area contributed by atoms with Crippen LogP contribution in [0.4, 0.5) is 5.95 Å². The second kappa shape index (κ2) is 8.68. The number of nitrogens with zero attached hydrogens (tertiary/aromatic N) is 3. The number of fused-ring (bicyclic) bond motifs is 1. The Labute approximate surface area is 158 Å². The molecule has 2 heterocycles. The Kier molecular flexibility index (Phi) is 6.08. The van der Waals surface area contributed by atoms with Gasteiger partial charge >= 0.3 is 5.97 Å². The summed E-state index contributed by atoms with van der Waals surface area (Å²) in [5, 5.41) is 7.41. The normalized spacial score (nSPS) is 15.9. The first-order chi connectivity index (χ1) is 13.2. The van der Waals surface area contributed by atoms with E-state index in [1.807, 2.05) is 38.1 Å². The number of rotatable bonds is 8. The molecule has 1 aliphatic heterocycles. The van der Waals surface area contributed by atoms with E-state index in [0.29, 0.717) is 36.2 Å². The van der Waals surface area contributed by atoms with Crippen molar-refractivity contribution in [1.82, 2.24) is 14.8 Å². The van der Waals surface area contributed by atoms with Gasteiger partial charge in [-0.25, -0.2) is 9.48 Å². The molecule has 1 atom stereocenters. The van der Waals surface area contributed by atoms with Crippen LogP contribution in [0.25, 0.3) is 0 Å². The number of hydrogen-bond donors (Lipinski definition) is 1. The average molecular weight is 372 g/mol. The third-order valence-corrected chi connectivity index (χ3v) is 4.26. The van der Waals surface area contributed by atoms with Gasteiger partial charge in [0.2, 0.25) is 5.95 Å². The number of carbonyl (C=O) groups excluding carboxylic acids is 1. The fourth-order valence-corrected chi connectivity index (χ4v) is 3.05. The third-order valence-electron chi connectivity index (χ3n) is 4.26. The number of ether oxygens (including phenoxy) is 3. The zero-order valence-electron chi connectivity index (χ0n) is 15.8. The van der Waals surface area contributed by atoms with E-state index in [1.54, 1.807) is 11.8 Å². The lowest BCUT2D eigenvalue weighted by molar-refractivity contribution is -0.141. The molecule has 2 aromatic rings. The Hall–Kier alpha value is -2.87. The van der Waals surface area contributed by atoms with Crippen molar-refractivity contribution in [2.24, 2.45) is 0 Å². The molecular formula is C19H24N4O4. The Morgan fingerprint density at radius 3 is 2.85 bits per heavy atom. The lowest BCUT2D eigenvalue weighted by Crippen LogP contribution is -2.30. The van der Waals surface area contributed by atoms with Crippen molar-refractivity contribution < 1.29 is 19.0 Å². The van der Waals surface area contributed by atoms with Crippen LogP contribution in [0.3, 0.4) is 0 Å². The lowest BCUT2D eigenvalue weighted by atomic mass is 9.95. The molecule has 8 heteroatoms. The predicted molar refractivity (Wildman–Crippen MR) is 99.5 cm³/mol. The molecule has 0 bridgehead atoms. The van der Waals surface area contributed by atoms with Crippen LogP contribution < -0.4 is 10.1 Å². The van der Waals surface area contributed by atoms with Crippen LogP contribution >= 0.6 is 0 Å². The maximum absolute atomic E-state index is 12.9. The van der Waals surface area contributed by atoms with E-state index in [9.17, 15) is 4.79 Å². The van der Waals surface area contributed by atoms with E-state index in [2.05, 4.69) is 15.4 Å². The monoisotopic (exact) mass is 372 g/mol. The summed E-state index contributed by atoms with van der Waals surface area (Å²) in [7, 11) is 1.60. The number of hydrogen-bond acceptors (Lipinski definition) is 7. The Bertz CT molecular complexity index is 831. The van der Waals surface area contributed by atoms with Crippen molar-refractivity contribution in [3.63, 3.8) is 0 Å². The molecule has 1 aliphatic rings. The quantitative estimate of drug-likeness (QED) is 0.563. The first kappa shape index (κ1) is 18.9. The molecule has 0 saturated carbocycles. The Morgan fingerprint density at radius 1 is 1.26 bits per heavy atom. The molecule has 27 heavy (non-hydrogen) atoms. The molecule has 1 aromatic heterocycles. The van der Waals surface area contributed by atoms with Crippen molar-refractivity contribution in [2.75, 3.05) is 32.2 Å². The summed E-state index contributed by atoms with van der Waals surface area (Å²) in [6, 6.07) is 7.04. The highest BCUT2D eigenvalue weighted by Crippen LogP contribution is 2.38. The van der Waals surface area contributed by atoms with Crippen molar-refractivity contribution >= 4 is 11.9 Å². The smallest absolute Gasteiger partial charge is 0.338 e. The third kappa shape index (κ3) is 3.95. The van der Waals surface area contributed by atoms with E-state index in [1.165, 1.54) is 6.33 Å². The number of nitrogens with one attached hydrogen (secondary N) is 1. The van der Waals surface area contributed by atoms with Gasteiger partial charge in [0.15, 0.2) is 0 Å². The Balaban J connectivity index is 1.91. The fraction of sp³-hybridized carbons (Fsp3) is 0.421. The van der Waals surface area contributed by atoms with Gasteiger partial charge in [-0.1, -0.05) is 25.1 Å². The highest BCUT2D eigenvalue weighted by atomic mass is 16.6. The molecule has 1 N–H and O–H groups in total. The van der Waals surface area contributed by atoms with E-state index in [-0.39, 0.29) is 6.61 Å². The number of para-hydroxylation sites is 1. The molecule has 0 unspecified atom stereocenters. The fourth-order valence-electron chi connectivity index (χ4n) is 3.05. The molecule has 0 spiro atoms. The second-order valence-electron chi connectivity index (χ2n) is 6.08. The van der Waals surface area contributed by atoms with Crippen LogP contribution in [0.5, 0.6) is 5.75 Å². The lowest BCUT2D eigenvalue weighted by Gasteiger charge is -2.29. The molecule has 0 radical (unpaired) electrons. The van der Waals surface area contributed by atoms with Crippen molar-refractivity contribution in [2.45, 2.75) is 26.3 Å². The summed E-state index contributed by atoms with van der Waals surface area (Å²) < 4.78 is 18.0. The molecule has 8 nitrogen and oxygen atoms in total. The average Bonchev–Trinajstić information content (AvgIpc) is 3.14. The first-order valence-corrected chi connectivity index (χ1v) is 8.92. The van der Waals surface area contributed by atoms with Crippen LogP contribution in [-0.2, 0) is 14.3 Å². The Morgan fingerprint density at radius 2 is 2.07 bits per heavy atom. The molecule has 3 rings (SSSR count). The molecule has 144 valence electrons. The van der Waals surface area contributed by atoms with E-state index >= 15 is 0 Å². The van der Waals surface area contributed by atoms with Crippen molar-refractivity contribution in [3.8, 4) is 5.75 Å². The van der Waals surface area contributed by atoms with E-state index in [0.717, 1.165) is 12.0 Å². The summed E-state index contributed by atoms with van der Waals surface area (Å²) in [6.07, 6.45) is 2.37. The van der Waals surface area contributed by atoms with Crippen LogP contribution in [-0.4, -0.2) is 47.7 Å². The van der Waals surface area contributed by atoms with E-state index in [4.69, 9.17) is 14.2 Å². The van der Waals surface area contributed by atoms with Crippen LogP contribution in [0, 0.1) is 0 Å². The minimum Gasteiger partial charge on any atom is -0.496 e. The number of aromatic nitrogens is 3. The number of anilines is 1. The van der Waals surface area contributed by atoms with Crippen LogP contribution in [0.15, 0.2) is 41.9 Å². The summed E-state index contributed by atoms with van der Waals surface area (Å²) in [6.45, 7) is 5.06. The highest BCUT2D eigenvalue weighted by Gasteiger charge is 2.35. The summed E-state index contributed by atoms with van der Waals surface area (Å²) in [5.74, 6) is 0.804. The highest BCUT2D eigenvalue weighted by molar-refractivity contribution is 5.92. The predicted octanol–water partition coefficient (Wildman–Crippen LogP) is 2.55. The molecular weight excluding hydrogens is 348 g/mol. The van der Waals surface area contributed by atoms with Gasteiger partial charge in [-0.15, -0.1) is 0 Å². The summed E-state index contributed by atoms with van der Waals surface area (Å²) in [4.78, 5) is 17.1. The summed E-state index contributed by atoms with van der Waals surface area (Å²) >= 11 is 0. The number of allylic oxidation sites excluding steroid dienone is 1. The van der Waals surface area contributed by atoms with Crippen LogP contribution in [0.1, 0.15) is 31.9 Å². The number of carbonyl (C=O) groups is 1. The van der Waals surface area contributed by atoms with Crippen molar-refractivity contribution in [3.05, 3.63) is 47.4 Å². The van der Waals surface area contributed by atoms with Crippen molar-refractivity contribution in [1.29, 1.82) is 0 Å². The molecule has 0 fully saturated rings. The van der Waals surface area contributed by atoms with Gasteiger partial charge in [0, 0.05) is 17.9 Å². The number of esters is 1. The topological polar surface area (TPSA) is 87.5 Å². The van der Waals surface area contributed by atoms with Gasteiger partial charge in [0.25, 0.3) is 0 Å². The maximum Gasteiger partial charge on any atom is 0.338 e. The maximum atomic E-state index is 12.9. The standard InChI is InChI=1S/C19H24N4O4/c1-4-9-26-10-11-27-18(24)16-13(2)22-19-20-12-21-23(19)17(16)14-7-5-6-8-15(14)25-3/h5-8,12,17H,4,9-11H2,1-3H3,(H,20,21,22)/t17-/m1/s1. The zero-order valence-corrected chi connectivity index (χ0v) is 15.8. The molecule has 0 saturated heterocycles. The van der Waals surface area contributed by atoms with Gasteiger partial charge in [-0.2, -0.15) is 10.1 Å². The second-order valence-corrected chi connectivity index (χ2v) is 6.08. The van der Waals surface area contributed by atoms with Gasteiger partial charge < -0.3 is 19.5 Å². The number of methoxy groups -OCH3 is 1. The number of benzene rings is 1.